The van der Waals surface area contributed by atoms with Crippen molar-refractivity contribution in [2.45, 2.75) is 39.7 Å². The van der Waals surface area contributed by atoms with Gasteiger partial charge in [0.15, 0.2) is 11.5 Å². The van der Waals surface area contributed by atoms with Crippen LogP contribution < -0.4 is 14.7 Å². The van der Waals surface area contributed by atoms with Gasteiger partial charge in [0.1, 0.15) is 11.9 Å². The van der Waals surface area contributed by atoms with Crippen LogP contribution in [0.25, 0.3) is 0 Å². The van der Waals surface area contributed by atoms with E-state index in [4.69, 9.17) is 4.74 Å². The Balaban J connectivity index is 1.79. The number of quaternary nitrogens is 1. The summed E-state index contributed by atoms with van der Waals surface area (Å²) in [5.41, 5.74) is 0.585. The molecule has 1 atom stereocenters. The van der Waals surface area contributed by atoms with Gasteiger partial charge in [-0.25, -0.2) is 18.5 Å². The molecule has 0 aliphatic carbocycles. The second-order valence-corrected chi connectivity index (χ2v) is 8.22. The van der Waals surface area contributed by atoms with Crippen LogP contribution in [0, 0.1) is 11.7 Å². The number of carbonyl (C=O) groups is 4. The topological polar surface area (TPSA) is 92.8 Å². The number of amides is 3. The van der Waals surface area contributed by atoms with E-state index in [9.17, 15) is 19.2 Å². The van der Waals surface area contributed by atoms with Crippen molar-refractivity contribution >= 4 is 35.1 Å². The van der Waals surface area contributed by atoms with E-state index in [1.165, 1.54) is 30.9 Å². The minimum Gasteiger partial charge on any atom is -0.442 e. The van der Waals surface area contributed by atoms with E-state index in [1.54, 1.807) is 6.07 Å². The van der Waals surface area contributed by atoms with E-state index in [0.717, 1.165) is 0 Å². The van der Waals surface area contributed by atoms with Gasteiger partial charge in [0.25, 0.3) is 0 Å². The number of halogens is 1. The molecule has 30 heavy (non-hydrogen) atoms. The van der Waals surface area contributed by atoms with Gasteiger partial charge in [-0.05, 0) is 13.0 Å². The van der Waals surface area contributed by atoms with Gasteiger partial charge in [-0.15, -0.1) is 0 Å². The molecule has 2 aliphatic heterocycles. The molecule has 2 heterocycles. The maximum atomic E-state index is 15.1. The first-order valence-electron chi connectivity index (χ1n) is 10.0. The zero-order valence-corrected chi connectivity index (χ0v) is 17.4. The molecule has 1 unspecified atom stereocenters. The summed E-state index contributed by atoms with van der Waals surface area (Å²) in [6, 6.07) is 4.37. The number of carbonyl (C=O) groups excluding carboxylic acids is 4. The minimum absolute atomic E-state index is 0.0759. The van der Waals surface area contributed by atoms with Crippen molar-refractivity contribution in [1.82, 2.24) is 9.80 Å². The summed E-state index contributed by atoms with van der Waals surface area (Å²) in [5, 5.41) is 2.59. The maximum Gasteiger partial charge on any atom is 0.414 e. The second-order valence-electron chi connectivity index (χ2n) is 8.22. The number of nitrogens with zero attached hydrogens (tertiary/aromatic N) is 2. The number of hydrogen-bond donors (Lipinski definition) is 1. The van der Waals surface area contributed by atoms with E-state index in [-0.39, 0.29) is 59.6 Å². The van der Waals surface area contributed by atoms with Gasteiger partial charge in [-0.1, -0.05) is 6.92 Å². The van der Waals surface area contributed by atoms with Crippen LogP contribution in [-0.2, 0) is 19.1 Å². The van der Waals surface area contributed by atoms with Gasteiger partial charge in [0.2, 0.25) is 5.91 Å². The van der Waals surface area contributed by atoms with Crippen LogP contribution in [-0.4, -0.2) is 56.0 Å². The third-order valence-electron chi connectivity index (χ3n) is 5.57. The minimum atomic E-state index is -0.614. The molecule has 3 rings (SSSR count). The summed E-state index contributed by atoms with van der Waals surface area (Å²) in [6.07, 6.45) is -0.919. The fraction of sp³-hybridized carbons (Fsp3) is 0.524. The van der Waals surface area contributed by atoms with Gasteiger partial charge in [-0.2, -0.15) is 0 Å². The molecule has 0 saturated carbocycles. The summed E-state index contributed by atoms with van der Waals surface area (Å²) in [6.45, 7) is 6.13. The largest absolute Gasteiger partial charge is 0.442 e. The molecule has 1 N–H and O–H groups in total. The van der Waals surface area contributed by atoms with Gasteiger partial charge in [0, 0.05) is 25.5 Å². The van der Waals surface area contributed by atoms with Crippen LogP contribution in [0.1, 0.15) is 33.6 Å². The molecule has 1 aromatic rings. The fourth-order valence-corrected chi connectivity index (χ4v) is 4.15. The summed E-state index contributed by atoms with van der Waals surface area (Å²) < 4.78 is 20.2. The average Bonchev–Trinajstić information content (AvgIpc) is 3.02. The number of nitrogens with one attached hydrogen (secondary N) is 1. The molecule has 3 amide bonds. The first kappa shape index (κ1) is 21.9. The van der Waals surface area contributed by atoms with Crippen LogP contribution in [0.3, 0.4) is 0 Å². The third kappa shape index (κ3) is 4.35. The van der Waals surface area contributed by atoms with Crippen LogP contribution in [0.2, 0.25) is 0 Å². The van der Waals surface area contributed by atoms with Crippen molar-refractivity contribution in [3.05, 3.63) is 24.0 Å². The van der Waals surface area contributed by atoms with E-state index < -0.39 is 18.0 Å². The number of ether oxygens (including phenoxy) is 1. The van der Waals surface area contributed by atoms with Crippen molar-refractivity contribution in [1.29, 1.82) is 0 Å². The number of cyclic esters (lactones) is 1. The smallest absolute Gasteiger partial charge is 0.414 e. The first-order valence-corrected chi connectivity index (χ1v) is 10.0. The predicted molar refractivity (Wildman–Crippen MR) is 108 cm³/mol. The number of Topliss-reactive ketones (excluding diaryl/α,β-unsaturated/α-hetero) is 1. The molecule has 162 valence electrons. The zero-order chi connectivity index (χ0) is 22.1. The molecule has 2 fully saturated rings. The molecule has 0 radical (unpaired) electrons. The Morgan fingerprint density at radius 3 is 2.50 bits per heavy atom. The quantitative estimate of drug-likeness (QED) is 0.683. The van der Waals surface area contributed by atoms with Crippen molar-refractivity contribution in [2.24, 2.45) is 5.92 Å². The molecule has 0 spiro atoms. The molecule has 0 aromatic heterocycles. The Hall–Kier alpha value is -2.81. The molecular weight excluding hydrogens is 393 g/mol. The number of benzene rings is 1. The molecule has 0 bridgehead atoms. The highest BCUT2D eigenvalue weighted by atomic mass is 19.1. The highest BCUT2D eigenvalue weighted by Crippen LogP contribution is 2.39. The van der Waals surface area contributed by atoms with Gasteiger partial charge in [-0.3, -0.25) is 9.69 Å². The number of anilines is 1. The first-order chi connectivity index (χ1) is 14.1. The lowest BCUT2D eigenvalue weighted by Crippen LogP contribution is -2.67. The molecular formula is C21H27FN3O5+. The van der Waals surface area contributed by atoms with Crippen molar-refractivity contribution in [2.75, 3.05) is 31.1 Å². The Bertz CT molecular complexity index is 881. The zero-order valence-electron chi connectivity index (χ0n) is 17.4. The number of hydrogen-bond acceptors (Lipinski definition) is 5. The van der Waals surface area contributed by atoms with Crippen LogP contribution in [0.4, 0.5) is 20.6 Å². The summed E-state index contributed by atoms with van der Waals surface area (Å²) >= 11 is 0. The summed E-state index contributed by atoms with van der Waals surface area (Å²) in [7, 11) is 0. The van der Waals surface area contributed by atoms with Crippen LogP contribution in [0.5, 0.6) is 0 Å². The van der Waals surface area contributed by atoms with E-state index in [2.05, 4.69) is 5.32 Å². The lowest BCUT2D eigenvalue weighted by molar-refractivity contribution is -0.137. The standard InChI is InChI=1S/C21H26FN3O5/c1-13-11-25(12-13,20(28)7-4-14(2)26)19-6-5-16(8-18(19)22)24-10-17(30-21(24)29)9-23-15(3)27/h5-6,8,13,17H,4,7,9-12H2,1-3H3/p+1. The molecule has 9 heteroatoms. The van der Waals surface area contributed by atoms with E-state index in [1.807, 2.05) is 6.92 Å². The highest BCUT2D eigenvalue weighted by Gasteiger charge is 2.51. The summed E-state index contributed by atoms with van der Waals surface area (Å²) in [4.78, 5) is 48.6. The Morgan fingerprint density at radius 1 is 1.23 bits per heavy atom. The third-order valence-corrected chi connectivity index (χ3v) is 5.57. The lowest BCUT2D eigenvalue weighted by atomic mass is 9.94. The Kier molecular flexibility index (Phi) is 6.21. The number of likely N-dealkylation sites (tertiary alicyclic amines) is 1. The molecule has 2 aliphatic rings. The van der Waals surface area contributed by atoms with E-state index >= 15 is 4.39 Å². The predicted octanol–water partition coefficient (Wildman–Crippen LogP) is 2.14. The SMILES string of the molecule is CC(=O)CCC(=O)[N+]1(c2ccc(N3CC(CNC(C)=O)OC3=O)cc2F)CC(C)C1. The summed E-state index contributed by atoms with van der Waals surface area (Å²) in [5.74, 6) is -0.785. The number of ketones is 1. The van der Waals surface area contributed by atoms with Gasteiger partial charge in [0.05, 0.1) is 44.2 Å². The fourth-order valence-electron chi connectivity index (χ4n) is 4.15. The normalized spacial score (nSPS) is 25.5. The molecule has 1 aromatic carbocycles. The van der Waals surface area contributed by atoms with Crippen molar-refractivity contribution in [3.8, 4) is 0 Å². The van der Waals surface area contributed by atoms with Gasteiger partial charge < -0.3 is 14.8 Å². The Labute approximate surface area is 174 Å². The molecule has 2 saturated heterocycles. The highest BCUT2D eigenvalue weighted by molar-refractivity contribution is 5.94. The monoisotopic (exact) mass is 420 g/mol. The lowest BCUT2D eigenvalue weighted by Gasteiger charge is -2.46. The second kappa shape index (κ2) is 8.51. The number of rotatable bonds is 7. The van der Waals surface area contributed by atoms with E-state index in [0.29, 0.717) is 18.8 Å². The van der Waals surface area contributed by atoms with Crippen LogP contribution in [0.15, 0.2) is 18.2 Å². The van der Waals surface area contributed by atoms with Gasteiger partial charge >= 0.3 is 12.0 Å². The average molecular weight is 420 g/mol. The molecule has 8 nitrogen and oxygen atoms in total. The van der Waals surface area contributed by atoms with Crippen molar-refractivity contribution in [3.63, 3.8) is 0 Å². The maximum absolute atomic E-state index is 15.1. The van der Waals surface area contributed by atoms with Crippen molar-refractivity contribution < 1.29 is 28.3 Å². The van der Waals surface area contributed by atoms with Crippen LogP contribution >= 0.6 is 0 Å². The Morgan fingerprint density at radius 2 is 1.93 bits per heavy atom.